The zero-order valence-corrected chi connectivity index (χ0v) is 13.2. The summed E-state index contributed by atoms with van der Waals surface area (Å²) >= 11 is 0. The third-order valence-corrected chi connectivity index (χ3v) is 4.69. The molecule has 0 aliphatic rings. The van der Waals surface area contributed by atoms with Gasteiger partial charge in [-0.1, -0.05) is 6.58 Å². The zero-order valence-electron chi connectivity index (χ0n) is 12.2. The van der Waals surface area contributed by atoms with E-state index in [0.717, 1.165) is 0 Å². The van der Waals surface area contributed by atoms with Crippen LogP contribution >= 0.6 is 0 Å². The van der Waals surface area contributed by atoms with Gasteiger partial charge in [0.2, 0.25) is 0 Å². The third-order valence-electron chi connectivity index (χ3n) is 1.95. The summed E-state index contributed by atoms with van der Waals surface area (Å²) in [6, 6.07) is -0.000972. The lowest BCUT2D eigenvalue weighted by molar-refractivity contribution is -0.143. The maximum atomic E-state index is 11.3. The van der Waals surface area contributed by atoms with E-state index >= 15 is 0 Å². The minimum atomic E-state index is -3.53. The minimum Gasteiger partial charge on any atom is -0.464 e. The Bertz CT molecular complexity index is 375. The van der Waals surface area contributed by atoms with Gasteiger partial charge in [-0.05, 0) is 13.8 Å². The summed E-state index contributed by atoms with van der Waals surface area (Å²) in [5.41, 5.74) is 0.244. The van der Waals surface area contributed by atoms with Gasteiger partial charge in [-0.2, -0.15) is 0 Å². The van der Waals surface area contributed by atoms with Crippen LogP contribution < -0.4 is 0 Å². The van der Waals surface area contributed by atoms with Crippen molar-refractivity contribution in [1.29, 1.82) is 0 Å². The number of hydrogen-bond acceptors (Lipinski definition) is 7. The standard InChI is InChI=1S/C12H20O7Si/c1-6-17-20(18-10(4)13,19-11(5)14)8-7-16-12(15)9(2)3/h2,6-8H2,1,3-5H3. The van der Waals surface area contributed by atoms with Crippen LogP contribution in [0.15, 0.2) is 12.2 Å². The molecule has 0 radical (unpaired) electrons. The van der Waals surface area contributed by atoms with E-state index in [1.807, 2.05) is 0 Å². The van der Waals surface area contributed by atoms with Gasteiger partial charge in [0.05, 0.1) is 12.7 Å². The van der Waals surface area contributed by atoms with Gasteiger partial charge in [0.1, 0.15) is 0 Å². The van der Waals surface area contributed by atoms with Crippen LogP contribution in [0.5, 0.6) is 0 Å². The average molecular weight is 304 g/mol. The molecule has 0 fully saturated rings. The molecule has 0 aliphatic heterocycles. The van der Waals surface area contributed by atoms with Crippen molar-refractivity contribution in [2.75, 3.05) is 13.2 Å². The average Bonchev–Trinajstić information content (AvgIpc) is 2.26. The first-order chi connectivity index (χ1) is 9.22. The van der Waals surface area contributed by atoms with Crippen molar-refractivity contribution in [2.24, 2.45) is 0 Å². The van der Waals surface area contributed by atoms with Crippen LogP contribution in [0.2, 0.25) is 6.04 Å². The maximum Gasteiger partial charge on any atom is 0.639 e. The topological polar surface area (TPSA) is 88.1 Å². The quantitative estimate of drug-likeness (QED) is 0.378. The van der Waals surface area contributed by atoms with Crippen molar-refractivity contribution < 1.29 is 32.4 Å². The Balaban J connectivity index is 4.79. The molecule has 0 spiro atoms. The van der Waals surface area contributed by atoms with Gasteiger partial charge in [-0.25, -0.2) is 4.79 Å². The van der Waals surface area contributed by atoms with Crippen molar-refractivity contribution >= 4 is 26.7 Å². The molecule has 20 heavy (non-hydrogen) atoms. The van der Waals surface area contributed by atoms with Crippen molar-refractivity contribution in [3.63, 3.8) is 0 Å². The van der Waals surface area contributed by atoms with Crippen molar-refractivity contribution in [3.05, 3.63) is 12.2 Å². The first-order valence-corrected chi connectivity index (χ1v) is 8.01. The molecule has 0 N–H and O–H groups in total. The molecule has 0 unspecified atom stereocenters. The second kappa shape index (κ2) is 8.49. The summed E-state index contributed by atoms with van der Waals surface area (Å²) in [5.74, 6) is -1.83. The Morgan fingerprint density at radius 3 is 1.90 bits per heavy atom. The molecule has 0 heterocycles. The van der Waals surface area contributed by atoms with Crippen LogP contribution in [0.3, 0.4) is 0 Å². The van der Waals surface area contributed by atoms with E-state index in [2.05, 4.69) is 6.58 Å². The van der Waals surface area contributed by atoms with Gasteiger partial charge in [0.15, 0.2) is 0 Å². The monoisotopic (exact) mass is 304 g/mol. The largest absolute Gasteiger partial charge is 0.639 e. The highest BCUT2D eigenvalue weighted by Gasteiger charge is 2.48. The molecule has 0 amide bonds. The molecule has 0 aromatic rings. The zero-order chi connectivity index (χ0) is 15.8. The van der Waals surface area contributed by atoms with Crippen molar-refractivity contribution in [1.82, 2.24) is 0 Å². The highest BCUT2D eigenvalue weighted by molar-refractivity contribution is 6.64. The van der Waals surface area contributed by atoms with Gasteiger partial charge in [-0.15, -0.1) is 0 Å². The highest BCUT2D eigenvalue weighted by Crippen LogP contribution is 2.17. The normalized spacial score (nSPS) is 10.6. The van der Waals surface area contributed by atoms with Gasteiger partial charge in [-0.3, -0.25) is 9.59 Å². The van der Waals surface area contributed by atoms with Crippen LogP contribution in [0.4, 0.5) is 0 Å². The summed E-state index contributed by atoms with van der Waals surface area (Å²) in [5, 5.41) is 0. The van der Waals surface area contributed by atoms with E-state index in [0.29, 0.717) is 0 Å². The van der Waals surface area contributed by atoms with Crippen molar-refractivity contribution in [2.45, 2.75) is 33.7 Å². The van der Waals surface area contributed by atoms with E-state index in [1.165, 1.54) is 20.8 Å². The highest BCUT2D eigenvalue weighted by atomic mass is 28.4. The van der Waals surface area contributed by atoms with E-state index in [4.69, 9.17) is 18.0 Å². The van der Waals surface area contributed by atoms with Gasteiger partial charge < -0.3 is 18.0 Å². The smallest absolute Gasteiger partial charge is 0.464 e. The number of ether oxygens (including phenoxy) is 1. The fraction of sp³-hybridized carbons (Fsp3) is 0.583. The first-order valence-electron chi connectivity index (χ1n) is 6.08. The molecule has 0 saturated carbocycles. The Morgan fingerprint density at radius 2 is 1.55 bits per heavy atom. The van der Waals surface area contributed by atoms with Crippen molar-refractivity contribution in [3.8, 4) is 0 Å². The fourth-order valence-electron chi connectivity index (χ4n) is 1.30. The van der Waals surface area contributed by atoms with Gasteiger partial charge >= 0.3 is 14.8 Å². The lowest BCUT2D eigenvalue weighted by atomic mass is 10.4. The number of hydrogen-bond donors (Lipinski definition) is 0. The fourth-order valence-corrected chi connectivity index (χ4v) is 3.48. The lowest BCUT2D eigenvalue weighted by Crippen LogP contribution is -2.49. The first kappa shape index (κ1) is 18.3. The molecule has 0 bridgehead atoms. The molecule has 114 valence electrons. The predicted molar refractivity (Wildman–Crippen MR) is 71.5 cm³/mol. The van der Waals surface area contributed by atoms with Crippen LogP contribution in [0.25, 0.3) is 0 Å². The number of carbonyl (C=O) groups is 3. The predicted octanol–water partition coefficient (Wildman–Crippen LogP) is 1.21. The molecular weight excluding hydrogens is 284 g/mol. The van der Waals surface area contributed by atoms with Crippen LogP contribution in [-0.4, -0.2) is 39.9 Å². The van der Waals surface area contributed by atoms with Crippen LogP contribution in [0.1, 0.15) is 27.7 Å². The molecule has 0 saturated heterocycles. The Kier molecular flexibility index (Phi) is 7.78. The Morgan fingerprint density at radius 1 is 1.05 bits per heavy atom. The maximum absolute atomic E-state index is 11.3. The second-order valence-corrected chi connectivity index (χ2v) is 6.53. The SMILES string of the molecule is C=C(C)C(=O)OCC[Si](OCC)(OC(C)=O)OC(C)=O. The second-order valence-electron chi connectivity index (χ2n) is 3.97. The number of rotatable bonds is 8. The summed E-state index contributed by atoms with van der Waals surface area (Å²) in [6.45, 7) is 9.09. The summed E-state index contributed by atoms with van der Waals surface area (Å²) in [7, 11) is -3.53. The third kappa shape index (κ3) is 7.05. The number of carbonyl (C=O) groups excluding carboxylic acids is 3. The lowest BCUT2D eigenvalue weighted by Gasteiger charge is -2.26. The van der Waals surface area contributed by atoms with E-state index in [-0.39, 0.29) is 24.8 Å². The van der Waals surface area contributed by atoms with E-state index in [1.54, 1.807) is 6.92 Å². The van der Waals surface area contributed by atoms with Crippen LogP contribution in [0, 0.1) is 0 Å². The molecule has 7 nitrogen and oxygen atoms in total. The molecule has 0 aromatic heterocycles. The summed E-state index contributed by atoms with van der Waals surface area (Å²) < 4.78 is 20.3. The summed E-state index contributed by atoms with van der Waals surface area (Å²) in [6.07, 6.45) is 0. The molecular formula is C12H20O7Si. The Labute approximate surface area is 119 Å². The van der Waals surface area contributed by atoms with E-state index in [9.17, 15) is 14.4 Å². The molecule has 0 atom stereocenters. The van der Waals surface area contributed by atoms with E-state index < -0.39 is 26.7 Å². The van der Waals surface area contributed by atoms with Gasteiger partial charge in [0, 0.05) is 26.0 Å². The molecule has 0 aromatic carbocycles. The molecule has 8 heteroatoms. The Hall–Kier alpha value is -1.67. The van der Waals surface area contributed by atoms with Gasteiger partial charge in [0.25, 0.3) is 11.9 Å². The summed E-state index contributed by atoms with van der Waals surface area (Å²) in [4.78, 5) is 33.5. The molecule has 0 aliphatic carbocycles. The van der Waals surface area contributed by atoms with Crippen LogP contribution in [-0.2, 0) is 32.4 Å². The number of esters is 1. The molecule has 0 rings (SSSR count). The minimum absolute atomic E-state index is 0.000972.